The molecule has 7 rings (SSSR count). The Labute approximate surface area is 233 Å². The normalized spacial score (nSPS) is 36.0. The number of nitrogens with zero attached hydrogens (tertiary/aromatic N) is 7. The number of fused-ring (bicyclic) bond motifs is 5. The number of rotatable bonds is 2. The number of alkyl halides is 2. The van der Waals surface area contributed by atoms with E-state index in [1.54, 1.807) is 0 Å². The van der Waals surface area contributed by atoms with E-state index in [1.165, 1.54) is 28.1 Å². The van der Waals surface area contributed by atoms with Crippen LogP contribution in [0.25, 0.3) is 22.3 Å². The van der Waals surface area contributed by atoms with Crippen molar-refractivity contribution in [3.05, 3.63) is 29.3 Å². The predicted octanol–water partition coefficient (Wildman–Crippen LogP) is 0.623. The van der Waals surface area contributed by atoms with E-state index in [2.05, 4.69) is 29.9 Å². The van der Waals surface area contributed by atoms with Gasteiger partial charge in [0.1, 0.15) is 17.9 Å². The highest BCUT2D eigenvalue weighted by Gasteiger charge is 2.53. The van der Waals surface area contributed by atoms with Crippen LogP contribution < -0.4 is 17.0 Å². The number of nitrogens with two attached hydrogens (primary N) is 2. The lowest BCUT2D eigenvalue weighted by Crippen LogP contribution is -2.31. The number of halogens is 2. The molecule has 0 aliphatic carbocycles. The van der Waals surface area contributed by atoms with Gasteiger partial charge in [-0.3, -0.25) is 23.4 Å². The Kier molecular flexibility index (Phi) is 6.31. The van der Waals surface area contributed by atoms with Crippen LogP contribution in [-0.4, -0.2) is 81.2 Å². The molecule has 0 aromatic carbocycles. The Morgan fingerprint density at radius 2 is 1.73 bits per heavy atom. The third-order valence-corrected chi connectivity index (χ3v) is 9.12. The summed E-state index contributed by atoms with van der Waals surface area (Å²) in [7, 11) is 0. The molecule has 16 nitrogen and oxygen atoms in total. The van der Waals surface area contributed by atoms with E-state index in [9.17, 15) is 9.69 Å². The number of hydrogen-bond donors (Lipinski definition) is 4. The first-order chi connectivity index (χ1) is 19.6. The van der Waals surface area contributed by atoms with Crippen LogP contribution in [-0.2, 0) is 30.3 Å². The number of ether oxygens (including phenoxy) is 2. The highest BCUT2D eigenvalue weighted by atomic mass is 32.5. The number of aromatic nitrogens is 8. The van der Waals surface area contributed by atoms with E-state index in [1.807, 2.05) is 0 Å². The van der Waals surface area contributed by atoms with E-state index in [0.717, 1.165) is 0 Å². The maximum atomic E-state index is 16.0. The fourth-order valence-corrected chi connectivity index (χ4v) is 7.06. The third kappa shape index (κ3) is 4.39. The molecule has 41 heavy (non-hydrogen) atoms. The topological polar surface area (TPSA) is 216 Å². The number of anilines is 2. The Balaban J connectivity index is 1.20. The molecule has 0 spiro atoms. The zero-order valence-electron chi connectivity index (χ0n) is 20.9. The Morgan fingerprint density at radius 3 is 2.54 bits per heavy atom. The summed E-state index contributed by atoms with van der Waals surface area (Å²) in [6.45, 7) is -4.43. The molecule has 7 heterocycles. The number of hydrogen-bond acceptors (Lipinski definition) is 13. The third-order valence-electron chi connectivity index (χ3n) is 7.56. The van der Waals surface area contributed by atoms with Crippen molar-refractivity contribution in [3.63, 3.8) is 0 Å². The lowest BCUT2D eigenvalue weighted by molar-refractivity contribution is -0.0527. The van der Waals surface area contributed by atoms with E-state index in [4.69, 9.17) is 41.8 Å². The maximum absolute atomic E-state index is 16.0. The first-order valence-electron chi connectivity index (χ1n) is 12.5. The second kappa shape index (κ2) is 9.69. The van der Waals surface area contributed by atoms with Crippen molar-refractivity contribution in [2.45, 2.75) is 56.0 Å². The van der Waals surface area contributed by atoms with Crippen molar-refractivity contribution in [2.24, 2.45) is 5.92 Å². The lowest BCUT2D eigenvalue weighted by Gasteiger charge is -2.26. The summed E-state index contributed by atoms with van der Waals surface area (Å²) in [5.74, 6) is -0.857. The van der Waals surface area contributed by atoms with Gasteiger partial charge in [-0.1, -0.05) is 0 Å². The van der Waals surface area contributed by atoms with Crippen LogP contribution in [0.3, 0.4) is 0 Å². The van der Waals surface area contributed by atoms with E-state index in [0.29, 0.717) is 0 Å². The minimum absolute atomic E-state index is 0.0184. The van der Waals surface area contributed by atoms with Gasteiger partial charge in [-0.25, -0.2) is 28.7 Å². The first kappa shape index (κ1) is 26.7. The SMILES string of the molecule is Nc1nc2c(ncn2[C@@H]2OC3CC[C@H]4[C@@H](F)[C@H](n5cnc6c(N)ncnc65)O[C@@H]4COP(O)(=S)O[C@@H]2[C@@H]3F)c(=O)[nH]1. The molecule has 4 aromatic heterocycles. The monoisotopic (exact) mass is 612 g/mol. The minimum Gasteiger partial charge on any atom is -0.382 e. The van der Waals surface area contributed by atoms with Gasteiger partial charge < -0.3 is 30.4 Å². The zero-order valence-corrected chi connectivity index (χ0v) is 22.6. The van der Waals surface area contributed by atoms with E-state index >= 15 is 8.78 Å². The molecule has 9 atom stereocenters. The quantitative estimate of drug-likeness (QED) is 0.228. The lowest BCUT2D eigenvalue weighted by atomic mass is 9.91. The summed E-state index contributed by atoms with van der Waals surface area (Å²) in [4.78, 5) is 45.8. The average molecular weight is 613 g/mol. The van der Waals surface area contributed by atoms with Gasteiger partial charge in [-0.15, -0.1) is 0 Å². The van der Waals surface area contributed by atoms with Crippen molar-refractivity contribution in [1.82, 2.24) is 39.0 Å². The molecule has 0 saturated carbocycles. The van der Waals surface area contributed by atoms with Gasteiger partial charge in [0.15, 0.2) is 47.4 Å². The second-order valence-corrected chi connectivity index (χ2v) is 12.7. The van der Waals surface area contributed by atoms with Gasteiger partial charge in [0.2, 0.25) is 5.95 Å². The summed E-state index contributed by atoms with van der Waals surface area (Å²) in [6.07, 6.45) is -5.22. The smallest absolute Gasteiger partial charge is 0.325 e. The number of H-pyrrole nitrogens is 1. The van der Waals surface area contributed by atoms with Gasteiger partial charge in [0, 0.05) is 5.92 Å². The molecule has 2 unspecified atom stereocenters. The number of aromatic amines is 1. The van der Waals surface area contributed by atoms with Crippen molar-refractivity contribution in [1.29, 1.82) is 0 Å². The van der Waals surface area contributed by atoms with Crippen LogP contribution in [0, 0.1) is 5.92 Å². The summed E-state index contributed by atoms with van der Waals surface area (Å²) < 4.78 is 57.8. The fraction of sp³-hybridized carbons (Fsp3) is 0.524. The number of nitrogens with one attached hydrogen (secondary N) is 1. The standard InChI is InChI=1S/C21H23F2N10O6PS/c22-10-7-1-2-8-11(23)14(20(37-8)33-6-29-13-17(33)30-21(25)31-18(13)34)39-40(35,41)36-3-9(7)38-19(10)32-5-28-12-15(24)26-4-27-16(12)32/h4-11,14,19-20H,1-3H2,(H,35,41)(H2,24,26,27)(H3,25,30,31,34)/t7-,8?,9-,10-,11-,14-,19-,20-,40?/m1/s1. The van der Waals surface area contributed by atoms with Crippen molar-refractivity contribution in [2.75, 3.05) is 18.1 Å². The number of imidazole rings is 2. The molecule has 3 aliphatic rings. The van der Waals surface area contributed by atoms with Gasteiger partial charge >= 0.3 is 6.72 Å². The zero-order chi connectivity index (χ0) is 28.6. The van der Waals surface area contributed by atoms with Gasteiger partial charge in [0.25, 0.3) is 5.56 Å². The number of nitrogen functional groups attached to an aromatic ring is 2. The van der Waals surface area contributed by atoms with Crippen molar-refractivity contribution in [3.8, 4) is 0 Å². The van der Waals surface area contributed by atoms with Crippen LogP contribution in [0.5, 0.6) is 0 Å². The molecule has 6 N–H and O–H groups in total. The van der Waals surface area contributed by atoms with Crippen molar-refractivity contribution >= 4 is 52.6 Å². The van der Waals surface area contributed by atoms with E-state index < -0.39 is 61.3 Å². The second-order valence-electron chi connectivity index (χ2n) is 9.95. The molecule has 3 saturated heterocycles. The van der Waals surface area contributed by atoms with Crippen LogP contribution in [0.1, 0.15) is 25.3 Å². The molecule has 0 radical (unpaired) electrons. The molecule has 3 aliphatic heterocycles. The first-order valence-corrected chi connectivity index (χ1v) is 15.1. The predicted molar refractivity (Wildman–Crippen MR) is 140 cm³/mol. The molecule has 3 fully saturated rings. The Hall–Kier alpha value is -3.19. The average Bonchev–Trinajstić information content (AvgIpc) is 3.67. The summed E-state index contributed by atoms with van der Waals surface area (Å²) in [5, 5.41) is 0. The summed E-state index contributed by atoms with van der Waals surface area (Å²) in [6, 6.07) is 0. The highest BCUT2D eigenvalue weighted by molar-refractivity contribution is 8.07. The van der Waals surface area contributed by atoms with Crippen molar-refractivity contribution < 1.29 is 32.2 Å². The Morgan fingerprint density at radius 1 is 1.00 bits per heavy atom. The molecule has 4 aromatic rings. The summed E-state index contributed by atoms with van der Waals surface area (Å²) >= 11 is 5.19. The molecular weight excluding hydrogens is 589 g/mol. The molecule has 218 valence electrons. The molecule has 2 bridgehead atoms. The molecule has 0 amide bonds. The van der Waals surface area contributed by atoms with Crippen LogP contribution >= 0.6 is 6.72 Å². The molecule has 20 heteroatoms. The summed E-state index contributed by atoms with van der Waals surface area (Å²) in [5.41, 5.74) is 11.5. The maximum Gasteiger partial charge on any atom is 0.325 e. The van der Waals surface area contributed by atoms with Crippen LogP contribution in [0.2, 0.25) is 0 Å². The van der Waals surface area contributed by atoms with E-state index in [-0.39, 0.29) is 53.5 Å². The minimum atomic E-state index is -4.11. The van der Waals surface area contributed by atoms with Gasteiger partial charge in [-0.05, 0) is 24.6 Å². The largest absolute Gasteiger partial charge is 0.382 e. The van der Waals surface area contributed by atoms with Gasteiger partial charge in [-0.2, -0.15) is 4.98 Å². The fourth-order valence-electron chi connectivity index (χ4n) is 5.65. The Bertz CT molecular complexity index is 1750. The van der Waals surface area contributed by atoms with Crippen LogP contribution in [0.4, 0.5) is 20.5 Å². The van der Waals surface area contributed by atoms with Crippen LogP contribution in [0.15, 0.2) is 23.8 Å². The molecular formula is C21H23F2N10O6PS. The highest BCUT2D eigenvalue weighted by Crippen LogP contribution is 2.53. The van der Waals surface area contributed by atoms with Gasteiger partial charge in [0.05, 0.1) is 31.5 Å².